The van der Waals surface area contributed by atoms with Crippen LogP contribution in [0.15, 0.2) is 42.5 Å². The van der Waals surface area contributed by atoms with Crippen molar-refractivity contribution in [2.24, 2.45) is 0 Å². The van der Waals surface area contributed by atoms with Crippen molar-refractivity contribution in [2.45, 2.75) is 12.3 Å². The number of non-ortho nitro benzene ring substituents is 1. The fourth-order valence-corrected chi connectivity index (χ4v) is 3.86. The second-order valence-corrected chi connectivity index (χ2v) is 6.72. The Labute approximate surface area is 142 Å². The standard InChI is InChI=1S/C17H15FN2O3S/c1-11-2-3-13(10-15(11)18)16(21)19-8-9-24-17(19)12-4-6-14(7-5-12)20(22)23/h2-7,10,17H,8-9H2,1H3. The number of halogens is 1. The van der Waals surface area contributed by atoms with E-state index >= 15 is 0 Å². The van der Waals surface area contributed by atoms with Crippen LogP contribution in [0.4, 0.5) is 10.1 Å². The molecule has 0 spiro atoms. The molecule has 1 aliphatic heterocycles. The van der Waals surface area contributed by atoms with Gasteiger partial charge in [0, 0.05) is 30.0 Å². The van der Waals surface area contributed by atoms with Crippen molar-refractivity contribution in [3.05, 3.63) is 75.1 Å². The molecule has 3 rings (SSSR count). The van der Waals surface area contributed by atoms with Crippen LogP contribution in [0, 0.1) is 22.9 Å². The third-order valence-corrected chi connectivity index (χ3v) is 5.22. The van der Waals surface area contributed by atoms with Gasteiger partial charge in [-0.15, -0.1) is 11.8 Å². The molecule has 1 atom stereocenters. The first-order chi connectivity index (χ1) is 11.5. The molecule has 0 aromatic heterocycles. The van der Waals surface area contributed by atoms with E-state index in [1.807, 2.05) is 0 Å². The summed E-state index contributed by atoms with van der Waals surface area (Å²) in [5, 5.41) is 10.5. The first-order valence-corrected chi connectivity index (χ1v) is 8.45. The Bertz CT molecular complexity index is 795. The molecule has 1 saturated heterocycles. The van der Waals surface area contributed by atoms with Gasteiger partial charge in [-0.3, -0.25) is 14.9 Å². The van der Waals surface area contributed by atoms with E-state index in [1.54, 1.807) is 47.9 Å². The molecule has 7 heteroatoms. The van der Waals surface area contributed by atoms with Gasteiger partial charge in [0.15, 0.2) is 0 Å². The van der Waals surface area contributed by atoms with Crippen molar-refractivity contribution >= 4 is 23.4 Å². The molecular weight excluding hydrogens is 331 g/mol. The van der Waals surface area contributed by atoms with E-state index in [-0.39, 0.29) is 17.0 Å². The summed E-state index contributed by atoms with van der Waals surface area (Å²) in [5.74, 6) is 0.128. The Morgan fingerprint density at radius 3 is 2.62 bits per heavy atom. The zero-order valence-electron chi connectivity index (χ0n) is 12.9. The molecule has 24 heavy (non-hydrogen) atoms. The largest absolute Gasteiger partial charge is 0.322 e. The fourth-order valence-electron chi connectivity index (χ4n) is 2.61. The summed E-state index contributed by atoms with van der Waals surface area (Å²) in [5.41, 5.74) is 1.64. The Morgan fingerprint density at radius 1 is 1.29 bits per heavy atom. The van der Waals surface area contributed by atoms with E-state index in [0.717, 1.165) is 11.3 Å². The maximum atomic E-state index is 13.7. The molecule has 5 nitrogen and oxygen atoms in total. The number of thioether (sulfide) groups is 1. The summed E-state index contributed by atoms with van der Waals surface area (Å²) in [6, 6.07) is 10.7. The molecule has 1 fully saturated rings. The molecule has 1 unspecified atom stereocenters. The zero-order valence-corrected chi connectivity index (χ0v) is 13.8. The van der Waals surface area contributed by atoms with Gasteiger partial charge < -0.3 is 4.90 Å². The second-order valence-electron chi connectivity index (χ2n) is 5.53. The zero-order chi connectivity index (χ0) is 17.3. The molecular formula is C17H15FN2O3S. The molecule has 0 saturated carbocycles. The SMILES string of the molecule is Cc1ccc(C(=O)N2CCSC2c2ccc([N+](=O)[O-])cc2)cc1F. The number of aryl methyl sites for hydroxylation is 1. The summed E-state index contributed by atoms with van der Waals surface area (Å²) in [4.78, 5) is 24.7. The number of amides is 1. The molecule has 0 aliphatic carbocycles. The minimum atomic E-state index is -0.455. The quantitative estimate of drug-likeness (QED) is 0.624. The average molecular weight is 346 g/mol. The predicted molar refractivity (Wildman–Crippen MR) is 90.5 cm³/mol. The number of benzene rings is 2. The van der Waals surface area contributed by atoms with Crippen molar-refractivity contribution in [3.8, 4) is 0 Å². The average Bonchev–Trinajstić information content (AvgIpc) is 3.06. The smallest absolute Gasteiger partial charge is 0.269 e. The van der Waals surface area contributed by atoms with E-state index in [2.05, 4.69) is 0 Å². The topological polar surface area (TPSA) is 63.5 Å². The summed E-state index contributed by atoms with van der Waals surface area (Å²) >= 11 is 1.59. The van der Waals surface area contributed by atoms with Gasteiger partial charge in [-0.1, -0.05) is 6.07 Å². The number of rotatable bonds is 3. The van der Waals surface area contributed by atoms with E-state index in [9.17, 15) is 19.3 Å². The number of hydrogen-bond donors (Lipinski definition) is 0. The first-order valence-electron chi connectivity index (χ1n) is 7.40. The summed E-state index contributed by atoms with van der Waals surface area (Å²) < 4.78 is 13.7. The van der Waals surface area contributed by atoms with Gasteiger partial charge in [-0.2, -0.15) is 0 Å². The number of carbonyl (C=O) groups excluding carboxylic acids is 1. The minimum Gasteiger partial charge on any atom is -0.322 e. The highest BCUT2D eigenvalue weighted by Crippen LogP contribution is 2.39. The monoisotopic (exact) mass is 346 g/mol. The molecule has 1 amide bonds. The highest BCUT2D eigenvalue weighted by Gasteiger charge is 2.31. The van der Waals surface area contributed by atoms with Crippen molar-refractivity contribution in [1.82, 2.24) is 4.90 Å². The van der Waals surface area contributed by atoms with Gasteiger partial charge in [0.1, 0.15) is 11.2 Å². The third-order valence-electron chi connectivity index (χ3n) is 3.96. The van der Waals surface area contributed by atoms with Crippen LogP contribution in [0.3, 0.4) is 0 Å². The Morgan fingerprint density at radius 2 is 2.00 bits per heavy atom. The molecule has 0 N–H and O–H groups in total. The van der Waals surface area contributed by atoms with E-state index < -0.39 is 10.7 Å². The fraction of sp³-hybridized carbons (Fsp3) is 0.235. The third kappa shape index (κ3) is 3.12. The number of nitro benzene ring substituents is 1. The number of carbonyl (C=O) groups is 1. The summed E-state index contributed by atoms with van der Waals surface area (Å²) in [6.45, 7) is 2.20. The van der Waals surface area contributed by atoms with Gasteiger partial charge in [0.25, 0.3) is 11.6 Å². The van der Waals surface area contributed by atoms with E-state index in [4.69, 9.17) is 0 Å². The van der Waals surface area contributed by atoms with Crippen LogP contribution in [-0.2, 0) is 0 Å². The lowest BCUT2D eigenvalue weighted by Gasteiger charge is -2.24. The highest BCUT2D eigenvalue weighted by molar-refractivity contribution is 7.99. The van der Waals surface area contributed by atoms with Crippen LogP contribution in [0.1, 0.15) is 26.9 Å². The van der Waals surface area contributed by atoms with Crippen molar-refractivity contribution in [1.29, 1.82) is 0 Å². The maximum absolute atomic E-state index is 13.7. The van der Waals surface area contributed by atoms with Crippen LogP contribution in [0.25, 0.3) is 0 Å². The van der Waals surface area contributed by atoms with Crippen molar-refractivity contribution in [3.63, 3.8) is 0 Å². The maximum Gasteiger partial charge on any atom is 0.269 e. The normalized spacial score (nSPS) is 17.1. The van der Waals surface area contributed by atoms with Crippen LogP contribution in [0.2, 0.25) is 0 Å². The molecule has 0 radical (unpaired) electrons. The Balaban J connectivity index is 1.85. The molecule has 2 aromatic carbocycles. The second kappa shape index (κ2) is 6.60. The number of nitro groups is 1. The number of hydrogen-bond acceptors (Lipinski definition) is 4. The first kappa shape index (κ1) is 16.4. The van der Waals surface area contributed by atoms with Crippen molar-refractivity contribution < 1.29 is 14.1 Å². The van der Waals surface area contributed by atoms with Crippen LogP contribution >= 0.6 is 11.8 Å². The van der Waals surface area contributed by atoms with Gasteiger partial charge in [-0.05, 0) is 42.3 Å². The van der Waals surface area contributed by atoms with Gasteiger partial charge in [0.2, 0.25) is 0 Å². The van der Waals surface area contributed by atoms with Gasteiger partial charge in [-0.25, -0.2) is 4.39 Å². The summed E-state index contributed by atoms with van der Waals surface area (Å²) in [7, 11) is 0. The molecule has 2 aromatic rings. The van der Waals surface area contributed by atoms with E-state index in [1.165, 1.54) is 18.2 Å². The van der Waals surface area contributed by atoms with Crippen LogP contribution in [0.5, 0.6) is 0 Å². The Hall–Kier alpha value is -2.41. The highest BCUT2D eigenvalue weighted by atomic mass is 32.2. The van der Waals surface area contributed by atoms with Gasteiger partial charge >= 0.3 is 0 Å². The number of nitrogens with zero attached hydrogens (tertiary/aromatic N) is 2. The minimum absolute atomic E-state index is 0.0141. The molecule has 124 valence electrons. The molecule has 1 heterocycles. The van der Waals surface area contributed by atoms with Crippen LogP contribution in [-0.4, -0.2) is 28.0 Å². The lowest BCUT2D eigenvalue weighted by Crippen LogP contribution is -2.30. The van der Waals surface area contributed by atoms with Crippen LogP contribution < -0.4 is 0 Å². The van der Waals surface area contributed by atoms with E-state index in [0.29, 0.717) is 17.7 Å². The molecule has 0 bridgehead atoms. The summed E-state index contributed by atoms with van der Waals surface area (Å²) in [6.07, 6.45) is 0. The Kier molecular flexibility index (Phi) is 4.53. The van der Waals surface area contributed by atoms with Gasteiger partial charge in [0.05, 0.1) is 4.92 Å². The predicted octanol–water partition coefficient (Wildman–Crippen LogP) is 3.93. The lowest BCUT2D eigenvalue weighted by atomic mass is 10.1. The lowest BCUT2D eigenvalue weighted by molar-refractivity contribution is -0.384. The van der Waals surface area contributed by atoms with Crippen molar-refractivity contribution in [2.75, 3.05) is 12.3 Å². The molecule has 1 aliphatic rings.